The number of nitrogens with zero attached hydrogens (tertiary/aromatic N) is 4. The molecule has 0 saturated carbocycles. The number of rotatable bonds is 4. The van der Waals surface area contributed by atoms with E-state index in [2.05, 4.69) is 29.1 Å². The lowest BCUT2D eigenvalue weighted by atomic mass is 10.1. The monoisotopic (exact) mass is 414 g/mol. The molecule has 2 aliphatic rings. The predicted octanol–water partition coefficient (Wildman–Crippen LogP) is -0.453. The molecule has 1 aromatic carbocycles. The first-order valence-corrected chi connectivity index (χ1v) is 10.5. The number of piperazine rings is 1. The number of aromatic nitrogens is 4. The summed E-state index contributed by atoms with van der Waals surface area (Å²) < 4.78 is 15.5. The van der Waals surface area contributed by atoms with Gasteiger partial charge in [-0.25, -0.2) is 4.98 Å². The molecule has 0 unspecified atom stereocenters. The van der Waals surface area contributed by atoms with E-state index in [4.69, 9.17) is 21.7 Å². The smallest absolute Gasteiger partial charge is 0.254 e. The van der Waals surface area contributed by atoms with Crippen LogP contribution in [0.4, 0.5) is 0 Å². The van der Waals surface area contributed by atoms with Gasteiger partial charge in [-0.05, 0) is 50.3 Å². The Bertz CT molecular complexity index is 1120. The average molecular weight is 415 g/mol. The lowest BCUT2D eigenvalue weighted by Crippen LogP contribution is -3.27. The van der Waals surface area contributed by atoms with Crippen LogP contribution in [0.2, 0.25) is 0 Å². The molecule has 0 radical (unpaired) electrons. The van der Waals surface area contributed by atoms with E-state index in [0.717, 1.165) is 67.1 Å². The molecule has 1 saturated heterocycles. The fourth-order valence-corrected chi connectivity index (χ4v) is 4.61. The van der Waals surface area contributed by atoms with Gasteiger partial charge in [0.25, 0.3) is 5.78 Å². The number of hydrogen-bond donors (Lipinski definition) is 2. The Kier molecular flexibility index (Phi) is 4.73. The van der Waals surface area contributed by atoms with Crippen LogP contribution in [0.25, 0.3) is 5.78 Å². The van der Waals surface area contributed by atoms with Crippen molar-refractivity contribution in [1.82, 2.24) is 19.2 Å². The van der Waals surface area contributed by atoms with E-state index in [-0.39, 0.29) is 0 Å². The Morgan fingerprint density at radius 2 is 1.79 bits per heavy atom. The number of quaternary nitrogens is 2. The highest BCUT2D eigenvalue weighted by Gasteiger charge is 2.25. The summed E-state index contributed by atoms with van der Waals surface area (Å²) in [6, 6.07) is 8.32. The van der Waals surface area contributed by atoms with E-state index in [9.17, 15) is 0 Å². The van der Waals surface area contributed by atoms with Gasteiger partial charge in [-0.15, -0.1) is 5.10 Å². The van der Waals surface area contributed by atoms with Gasteiger partial charge >= 0.3 is 0 Å². The second kappa shape index (κ2) is 7.40. The maximum absolute atomic E-state index is 5.66. The van der Waals surface area contributed by atoms with Crippen LogP contribution in [0, 0.1) is 18.6 Å². The molecule has 3 aromatic rings. The lowest BCUT2D eigenvalue weighted by Gasteiger charge is -2.29. The maximum atomic E-state index is 5.66. The SMILES string of the molecule is Cc1cc(C)n2c(=S)n(C[NH+]3CC[NH+](Cc4ccc5c(c4)OCO5)CC3)nc2n1. The fraction of sp³-hybridized carbons (Fsp3) is 0.450. The van der Waals surface area contributed by atoms with Crippen LogP contribution in [0.3, 0.4) is 0 Å². The van der Waals surface area contributed by atoms with Crippen LogP contribution in [0.5, 0.6) is 11.5 Å². The van der Waals surface area contributed by atoms with E-state index in [1.807, 2.05) is 28.1 Å². The van der Waals surface area contributed by atoms with E-state index in [1.54, 1.807) is 4.90 Å². The zero-order valence-corrected chi connectivity index (χ0v) is 17.6. The van der Waals surface area contributed by atoms with Crippen LogP contribution in [0.1, 0.15) is 17.0 Å². The summed E-state index contributed by atoms with van der Waals surface area (Å²) in [6.45, 7) is 10.6. The molecule has 2 N–H and O–H groups in total. The first kappa shape index (κ1) is 18.5. The molecular formula is C20H26N6O2S+2. The molecule has 0 aliphatic carbocycles. The number of fused-ring (bicyclic) bond motifs is 2. The number of ether oxygens (including phenoxy) is 2. The highest BCUT2D eigenvalue weighted by molar-refractivity contribution is 7.71. The van der Waals surface area contributed by atoms with Crippen molar-refractivity contribution < 1.29 is 19.3 Å². The van der Waals surface area contributed by atoms with Crippen molar-refractivity contribution in [3.8, 4) is 11.5 Å². The average Bonchev–Trinajstić information content (AvgIpc) is 3.27. The summed E-state index contributed by atoms with van der Waals surface area (Å²) in [5.74, 6) is 2.41. The van der Waals surface area contributed by atoms with E-state index < -0.39 is 0 Å². The van der Waals surface area contributed by atoms with Gasteiger partial charge in [0.1, 0.15) is 32.7 Å². The number of nitrogens with one attached hydrogen (secondary N) is 2. The third-order valence-corrected chi connectivity index (χ3v) is 6.19. The Morgan fingerprint density at radius 1 is 1.03 bits per heavy atom. The minimum Gasteiger partial charge on any atom is -0.454 e. The van der Waals surface area contributed by atoms with Crippen LogP contribution in [0.15, 0.2) is 24.3 Å². The summed E-state index contributed by atoms with van der Waals surface area (Å²) in [5.41, 5.74) is 3.35. The van der Waals surface area contributed by atoms with Gasteiger partial charge in [-0.3, -0.25) is 4.40 Å². The molecule has 9 heteroatoms. The van der Waals surface area contributed by atoms with Gasteiger partial charge < -0.3 is 19.3 Å². The molecule has 2 aliphatic heterocycles. The first-order valence-electron chi connectivity index (χ1n) is 10.1. The Hall–Kier alpha value is -2.49. The van der Waals surface area contributed by atoms with Gasteiger partial charge in [0, 0.05) is 17.0 Å². The normalized spacial score (nSPS) is 21.0. The second-order valence-corrected chi connectivity index (χ2v) is 8.34. The summed E-state index contributed by atoms with van der Waals surface area (Å²) >= 11 is 5.66. The highest BCUT2D eigenvalue weighted by Crippen LogP contribution is 2.32. The molecule has 0 atom stereocenters. The first-order chi connectivity index (χ1) is 14.1. The second-order valence-electron chi connectivity index (χ2n) is 7.98. The van der Waals surface area contributed by atoms with E-state index in [1.165, 1.54) is 10.5 Å². The van der Waals surface area contributed by atoms with Crippen LogP contribution >= 0.6 is 12.2 Å². The maximum Gasteiger partial charge on any atom is 0.254 e. The van der Waals surface area contributed by atoms with Crippen molar-refractivity contribution in [2.75, 3.05) is 33.0 Å². The molecule has 29 heavy (non-hydrogen) atoms. The third kappa shape index (κ3) is 3.61. The molecule has 1 fully saturated rings. The Morgan fingerprint density at radius 3 is 2.62 bits per heavy atom. The van der Waals surface area contributed by atoms with E-state index >= 15 is 0 Å². The van der Waals surface area contributed by atoms with Crippen molar-refractivity contribution in [1.29, 1.82) is 0 Å². The zero-order valence-electron chi connectivity index (χ0n) is 16.8. The van der Waals surface area contributed by atoms with Crippen molar-refractivity contribution in [3.63, 3.8) is 0 Å². The molecule has 0 spiro atoms. The standard InChI is InChI=1S/C20H24N6O2S/c1-14-9-15(2)26-19(21-14)22-25(20(26)29)12-24-7-5-23(6-8-24)11-16-3-4-17-18(10-16)28-13-27-17/h3-4,9-10H,5-8,11-13H2,1-2H3/p+2. The van der Waals surface area contributed by atoms with Crippen molar-refractivity contribution in [3.05, 3.63) is 46.0 Å². The molecule has 152 valence electrons. The number of aryl methyl sites for hydroxylation is 2. The van der Waals surface area contributed by atoms with Crippen LogP contribution in [-0.4, -0.2) is 52.1 Å². The number of hydrogen-bond acceptors (Lipinski definition) is 5. The van der Waals surface area contributed by atoms with Crippen molar-refractivity contribution in [2.24, 2.45) is 0 Å². The van der Waals surface area contributed by atoms with Gasteiger partial charge in [-0.1, -0.05) is 0 Å². The summed E-state index contributed by atoms with van der Waals surface area (Å²) in [5, 5.41) is 4.66. The fourth-order valence-electron chi connectivity index (χ4n) is 4.28. The molecule has 8 nitrogen and oxygen atoms in total. The highest BCUT2D eigenvalue weighted by atomic mass is 32.1. The molecule has 4 heterocycles. The number of benzene rings is 1. The zero-order chi connectivity index (χ0) is 20.0. The Balaban J connectivity index is 1.22. The topological polar surface area (TPSA) is 62.5 Å². The van der Waals surface area contributed by atoms with Crippen LogP contribution < -0.4 is 19.3 Å². The van der Waals surface area contributed by atoms with Crippen molar-refractivity contribution in [2.45, 2.75) is 27.1 Å². The van der Waals surface area contributed by atoms with E-state index in [0.29, 0.717) is 12.6 Å². The summed E-state index contributed by atoms with van der Waals surface area (Å²) in [4.78, 5) is 7.63. The summed E-state index contributed by atoms with van der Waals surface area (Å²) in [6.07, 6.45) is 0. The van der Waals surface area contributed by atoms with Gasteiger partial charge in [0.2, 0.25) is 11.6 Å². The molecule has 0 bridgehead atoms. The van der Waals surface area contributed by atoms with Gasteiger partial charge in [0.15, 0.2) is 18.2 Å². The molecule has 2 aromatic heterocycles. The predicted molar refractivity (Wildman–Crippen MR) is 109 cm³/mol. The van der Waals surface area contributed by atoms with Gasteiger partial charge in [0.05, 0.1) is 0 Å². The molecule has 0 amide bonds. The molecule has 5 rings (SSSR count). The van der Waals surface area contributed by atoms with Crippen LogP contribution in [-0.2, 0) is 13.2 Å². The van der Waals surface area contributed by atoms with Crippen molar-refractivity contribution >= 4 is 18.0 Å². The quantitative estimate of drug-likeness (QED) is 0.566. The minimum atomic E-state index is 0.327. The summed E-state index contributed by atoms with van der Waals surface area (Å²) in [7, 11) is 0. The molecular weight excluding hydrogens is 388 g/mol. The third-order valence-electron chi connectivity index (χ3n) is 5.80. The minimum absolute atomic E-state index is 0.327. The lowest BCUT2D eigenvalue weighted by molar-refractivity contribution is -1.03. The van der Waals surface area contributed by atoms with Gasteiger partial charge in [-0.2, -0.15) is 4.68 Å². The Labute approximate surface area is 174 Å². The largest absolute Gasteiger partial charge is 0.454 e.